The maximum absolute atomic E-state index is 13.0. The number of benzene rings is 1. The first kappa shape index (κ1) is 16.4. The van der Waals surface area contributed by atoms with Gasteiger partial charge in [-0.15, -0.1) is 0 Å². The largest absolute Gasteiger partial charge is 0.461 e. The summed E-state index contributed by atoms with van der Waals surface area (Å²) >= 11 is 0. The number of hydrogen-bond acceptors (Lipinski definition) is 5. The van der Waals surface area contributed by atoms with Gasteiger partial charge in [0.2, 0.25) is 0 Å². The number of carbonyl (C=O) groups excluding carboxylic acids is 1. The topological polar surface area (TPSA) is 103 Å². The van der Waals surface area contributed by atoms with Crippen molar-refractivity contribution >= 4 is 17.2 Å². The first-order chi connectivity index (χ1) is 9.41. The second kappa shape index (κ2) is 5.03. The van der Waals surface area contributed by atoms with Crippen molar-refractivity contribution < 1.29 is 36.6 Å². The molecule has 0 aliphatic heterocycles. The molecule has 7 nitrogen and oxygen atoms in total. The zero-order chi connectivity index (χ0) is 16.6. The molecular weight excluding hydrogens is 311 g/mol. The molecule has 12 heteroatoms. The molecule has 0 N–H and O–H groups in total. The third-order valence-electron chi connectivity index (χ3n) is 2.28. The Morgan fingerprint density at radius 2 is 1.33 bits per heavy atom. The minimum absolute atomic E-state index is 0.409. The van der Waals surface area contributed by atoms with E-state index >= 15 is 0 Å². The molecule has 0 saturated heterocycles. The summed E-state index contributed by atoms with van der Waals surface area (Å²) < 4.78 is 62.3. The summed E-state index contributed by atoms with van der Waals surface area (Å²) in [6.07, 6.45) is -6.35. The first-order valence-electron chi connectivity index (χ1n) is 4.82. The Morgan fingerprint density at radius 3 is 1.62 bits per heavy atom. The first-order valence-corrected chi connectivity index (χ1v) is 4.82. The summed E-state index contributed by atoms with van der Waals surface area (Å²) in [7, 11) is 0. The number of nitro groups is 2. The van der Waals surface area contributed by atoms with E-state index in [1.165, 1.54) is 0 Å². The number of hydrogen-bond donors (Lipinski definition) is 0. The van der Waals surface area contributed by atoms with Crippen LogP contribution in [-0.4, -0.2) is 27.7 Å². The van der Waals surface area contributed by atoms with Crippen LogP contribution in [0.1, 0.15) is 10.4 Å². The zero-order valence-electron chi connectivity index (χ0n) is 9.56. The SMILES string of the molecule is O=C(c1c([N+](=O)[O-])cccc1[N+](=O)[O-])C(F)(F)C(F)(F)F. The lowest BCUT2D eigenvalue weighted by Gasteiger charge is -2.17. The molecule has 0 amide bonds. The lowest BCUT2D eigenvalue weighted by molar-refractivity contribution is -0.394. The summed E-state index contributed by atoms with van der Waals surface area (Å²) in [6, 6.07) is 1.50. The van der Waals surface area contributed by atoms with Crippen LogP contribution in [0.2, 0.25) is 0 Å². The average molecular weight is 314 g/mol. The number of alkyl halides is 5. The second-order valence-corrected chi connectivity index (χ2v) is 3.59. The molecule has 0 aliphatic rings. The maximum Gasteiger partial charge on any atom is 0.461 e. The Labute approximate surface area is 111 Å². The Morgan fingerprint density at radius 1 is 0.952 bits per heavy atom. The van der Waals surface area contributed by atoms with Crippen LogP contribution >= 0.6 is 0 Å². The summed E-state index contributed by atoms with van der Waals surface area (Å²) in [5, 5.41) is 21.2. The van der Waals surface area contributed by atoms with Crippen LogP contribution in [0, 0.1) is 20.2 Å². The van der Waals surface area contributed by atoms with E-state index in [-0.39, 0.29) is 0 Å². The molecule has 0 atom stereocenters. The lowest BCUT2D eigenvalue weighted by Crippen LogP contribution is -2.44. The van der Waals surface area contributed by atoms with E-state index in [1.54, 1.807) is 0 Å². The normalized spacial score (nSPS) is 12.0. The van der Waals surface area contributed by atoms with E-state index in [2.05, 4.69) is 0 Å². The number of carbonyl (C=O) groups is 1. The van der Waals surface area contributed by atoms with Crippen molar-refractivity contribution in [3.63, 3.8) is 0 Å². The highest BCUT2D eigenvalue weighted by molar-refractivity contribution is 6.08. The number of nitro benzene ring substituents is 2. The maximum atomic E-state index is 13.0. The fourth-order valence-corrected chi connectivity index (χ4v) is 1.35. The van der Waals surface area contributed by atoms with E-state index in [0.29, 0.717) is 18.2 Å². The molecular formula is C9H3F5N2O5. The molecule has 0 aliphatic carbocycles. The highest BCUT2D eigenvalue weighted by Crippen LogP contribution is 2.41. The predicted molar refractivity (Wildman–Crippen MR) is 55.1 cm³/mol. The van der Waals surface area contributed by atoms with Gasteiger partial charge in [0.1, 0.15) is 0 Å². The van der Waals surface area contributed by atoms with Crippen LogP contribution in [0.25, 0.3) is 0 Å². The Bertz CT molecular complexity index is 595. The Kier molecular flexibility index (Phi) is 3.93. The Balaban J connectivity index is 3.65. The number of Topliss-reactive ketones (excluding diaryl/α,β-unsaturated/α-hetero) is 1. The highest BCUT2D eigenvalue weighted by atomic mass is 19.4. The minimum atomic E-state index is -6.35. The van der Waals surface area contributed by atoms with Gasteiger partial charge in [0.05, 0.1) is 9.85 Å². The summed E-state index contributed by atoms with van der Waals surface area (Å²) in [4.78, 5) is 29.5. The van der Waals surface area contributed by atoms with Crippen molar-refractivity contribution in [2.75, 3.05) is 0 Å². The van der Waals surface area contributed by atoms with Gasteiger partial charge in [-0.3, -0.25) is 25.0 Å². The third-order valence-corrected chi connectivity index (χ3v) is 2.28. The molecule has 0 heterocycles. The van der Waals surface area contributed by atoms with Gasteiger partial charge in [-0.05, 0) is 6.07 Å². The van der Waals surface area contributed by atoms with Crippen LogP contribution in [0.15, 0.2) is 18.2 Å². The third kappa shape index (κ3) is 2.78. The van der Waals surface area contributed by atoms with Crippen LogP contribution < -0.4 is 0 Å². The summed E-state index contributed by atoms with van der Waals surface area (Å²) in [5.74, 6) is -9.06. The van der Waals surface area contributed by atoms with Gasteiger partial charge < -0.3 is 0 Å². The van der Waals surface area contributed by atoms with Gasteiger partial charge >= 0.3 is 12.1 Å². The predicted octanol–water partition coefficient (Wildman–Crippen LogP) is 2.88. The zero-order valence-corrected chi connectivity index (χ0v) is 9.56. The van der Waals surface area contributed by atoms with Crippen molar-refractivity contribution in [3.8, 4) is 0 Å². The number of rotatable bonds is 4. The van der Waals surface area contributed by atoms with E-state index in [9.17, 15) is 47.0 Å². The number of halogens is 5. The Hall–Kier alpha value is -2.66. The molecule has 0 aromatic heterocycles. The van der Waals surface area contributed by atoms with Gasteiger partial charge in [0.15, 0.2) is 5.56 Å². The van der Waals surface area contributed by atoms with Gasteiger partial charge in [-0.25, -0.2) is 0 Å². The number of nitrogens with zero attached hydrogens (tertiary/aromatic N) is 2. The summed E-state index contributed by atoms with van der Waals surface area (Å²) in [5.41, 5.74) is -4.94. The van der Waals surface area contributed by atoms with Gasteiger partial charge in [-0.2, -0.15) is 22.0 Å². The van der Waals surface area contributed by atoms with E-state index in [1.807, 2.05) is 0 Å². The van der Waals surface area contributed by atoms with Crippen LogP contribution in [0.4, 0.5) is 33.3 Å². The average Bonchev–Trinajstić information content (AvgIpc) is 2.35. The molecule has 1 rings (SSSR count). The minimum Gasteiger partial charge on any atom is -0.286 e. The van der Waals surface area contributed by atoms with Gasteiger partial charge in [0, 0.05) is 12.1 Å². The fraction of sp³-hybridized carbons (Fsp3) is 0.222. The molecule has 114 valence electrons. The highest BCUT2D eigenvalue weighted by Gasteiger charge is 2.65. The molecule has 1 aromatic rings. The molecule has 0 fully saturated rings. The van der Waals surface area contributed by atoms with E-state index in [4.69, 9.17) is 0 Å². The van der Waals surface area contributed by atoms with Crippen molar-refractivity contribution in [2.45, 2.75) is 12.1 Å². The fourth-order valence-electron chi connectivity index (χ4n) is 1.35. The smallest absolute Gasteiger partial charge is 0.286 e. The standard InChI is InChI=1S/C9H3F5N2O5/c10-8(11,9(12,13)14)7(17)6-4(15(18)19)2-1-3-5(6)16(20)21/h1-3H. The number of ketones is 1. The van der Waals surface area contributed by atoms with E-state index in [0.717, 1.165) is 0 Å². The quantitative estimate of drug-likeness (QED) is 0.368. The van der Waals surface area contributed by atoms with Crippen molar-refractivity contribution in [2.24, 2.45) is 0 Å². The van der Waals surface area contributed by atoms with E-state index < -0.39 is 44.7 Å². The summed E-state index contributed by atoms with van der Waals surface area (Å²) in [6.45, 7) is 0. The van der Waals surface area contributed by atoms with Crippen molar-refractivity contribution in [1.82, 2.24) is 0 Å². The molecule has 0 radical (unpaired) electrons. The monoisotopic (exact) mass is 314 g/mol. The molecule has 0 saturated carbocycles. The van der Waals surface area contributed by atoms with Crippen molar-refractivity contribution in [3.05, 3.63) is 44.0 Å². The molecule has 0 spiro atoms. The molecule has 21 heavy (non-hydrogen) atoms. The molecule has 0 unspecified atom stereocenters. The van der Waals surface area contributed by atoms with Crippen LogP contribution in [0.5, 0.6) is 0 Å². The van der Waals surface area contributed by atoms with Gasteiger partial charge in [-0.1, -0.05) is 0 Å². The van der Waals surface area contributed by atoms with Crippen LogP contribution in [0.3, 0.4) is 0 Å². The van der Waals surface area contributed by atoms with Crippen LogP contribution in [-0.2, 0) is 0 Å². The van der Waals surface area contributed by atoms with Crippen molar-refractivity contribution in [1.29, 1.82) is 0 Å². The van der Waals surface area contributed by atoms with Gasteiger partial charge in [0.25, 0.3) is 17.2 Å². The second-order valence-electron chi connectivity index (χ2n) is 3.59. The lowest BCUT2D eigenvalue weighted by atomic mass is 10.0. The molecule has 0 bridgehead atoms. The molecule has 1 aromatic carbocycles.